The Balaban J connectivity index is 1.51. The Morgan fingerprint density at radius 2 is 2.00 bits per heavy atom. The van der Waals surface area contributed by atoms with E-state index < -0.39 is 0 Å². The van der Waals surface area contributed by atoms with Crippen LogP contribution >= 0.6 is 11.8 Å². The highest BCUT2D eigenvalue weighted by Gasteiger charge is 2.08. The average Bonchev–Trinajstić information content (AvgIpc) is 2.95. The molecule has 0 saturated heterocycles. The maximum absolute atomic E-state index is 11.8. The van der Waals surface area contributed by atoms with Crippen LogP contribution in [0.15, 0.2) is 58.4 Å². The first kappa shape index (κ1) is 13.6. The molecule has 2 heterocycles. The van der Waals surface area contributed by atoms with E-state index in [2.05, 4.69) is 15.3 Å². The molecule has 0 spiro atoms. The van der Waals surface area contributed by atoms with Gasteiger partial charge >= 0.3 is 0 Å². The van der Waals surface area contributed by atoms with E-state index in [0.717, 1.165) is 16.7 Å². The number of benzene rings is 1. The molecule has 0 bridgehead atoms. The molecule has 1 aromatic carbocycles. The van der Waals surface area contributed by atoms with Crippen LogP contribution in [0.25, 0.3) is 11.1 Å². The number of carbonyl (C=O) groups excluding carboxylic acids is 1. The van der Waals surface area contributed by atoms with Crippen molar-refractivity contribution in [1.82, 2.24) is 15.3 Å². The Morgan fingerprint density at radius 1 is 1.19 bits per heavy atom. The molecule has 21 heavy (non-hydrogen) atoms. The fraction of sp³-hybridized carbons (Fsp3) is 0.133. The lowest BCUT2D eigenvalue weighted by Gasteiger charge is -2.03. The molecule has 106 valence electrons. The molecule has 3 rings (SSSR count). The summed E-state index contributed by atoms with van der Waals surface area (Å²) >= 11 is 1.29. The van der Waals surface area contributed by atoms with Crippen molar-refractivity contribution < 1.29 is 9.21 Å². The fourth-order valence-corrected chi connectivity index (χ4v) is 2.46. The van der Waals surface area contributed by atoms with Gasteiger partial charge in [0.1, 0.15) is 5.52 Å². The van der Waals surface area contributed by atoms with Crippen LogP contribution in [0.2, 0.25) is 0 Å². The lowest BCUT2D eigenvalue weighted by molar-refractivity contribution is -0.118. The molecule has 6 heteroatoms. The van der Waals surface area contributed by atoms with E-state index in [1.807, 2.05) is 36.4 Å². The minimum atomic E-state index is -0.0564. The molecule has 0 unspecified atom stereocenters. The number of nitrogens with one attached hydrogen (secondary N) is 1. The minimum absolute atomic E-state index is 0.0564. The summed E-state index contributed by atoms with van der Waals surface area (Å²) in [6.07, 6.45) is 3.41. The van der Waals surface area contributed by atoms with Crippen molar-refractivity contribution in [3.05, 3.63) is 54.4 Å². The minimum Gasteiger partial charge on any atom is -0.431 e. The monoisotopic (exact) mass is 299 g/mol. The largest absolute Gasteiger partial charge is 0.431 e. The molecular weight excluding hydrogens is 286 g/mol. The van der Waals surface area contributed by atoms with Crippen molar-refractivity contribution in [1.29, 1.82) is 0 Å². The summed E-state index contributed by atoms with van der Waals surface area (Å²) in [5.74, 6) is 0.219. The van der Waals surface area contributed by atoms with Crippen LogP contribution in [0.3, 0.4) is 0 Å². The first-order valence-corrected chi connectivity index (χ1v) is 7.44. The summed E-state index contributed by atoms with van der Waals surface area (Å²) in [4.78, 5) is 20.0. The van der Waals surface area contributed by atoms with Crippen molar-refractivity contribution in [2.24, 2.45) is 0 Å². The van der Waals surface area contributed by atoms with Crippen LogP contribution < -0.4 is 5.32 Å². The second-order valence-electron chi connectivity index (χ2n) is 4.37. The van der Waals surface area contributed by atoms with Gasteiger partial charge in [0, 0.05) is 18.9 Å². The standard InChI is InChI=1S/C15H13N3O2S/c19-14(17-9-11-5-7-16-8-6-11)10-21-15-18-12-3-1-2-4-13(12)20-15/h1-8H,9-10H2,(H,17,19). The molecule has 0 aliphatic heterocycles. The van der Waals surface area contributed by atoms with Crippen molar-refractivity contribution in [3.63, 3.8) is 0 Å². The van der Waals surface area contributed by atoms with E-state index in [-0.39, 0.29) is 11.7 Å². The lowest BCUT2D eigenvalue weighted by atomic mass is 10.3. The Bertz CT molecular complexity index is 710. The van der Waals surface area contributed by atoms with E-state index in [1.54, 1.807) is 12.4 Å². The molecule has 0 aliphatic rings. The summed E-state index contributed by atoms with van der Waals surface area (Å²) in [5.41, 5.74) is 2.56. The number of thioether (sulfide) groups is 1. The Labute approximate surface area is 125 Å². The van der Waals surface area contributed by atoms with Gasteiger partial charge < -0.3 is 9.73 Å². The van der Waals surface area contributed by atoms with Crippen molar-refractivity contribution in [3.8, 4) is 0 Å². The van der Waals surface area contributed by atoms with Gasteiger partial charge in [-0.25, -0.2) is 4.98 Å². The molecule has 5 nitrogen and oxygen atoms in total. The summed E-state index contributed by atoms with van der Waals surface area (Å²) < 4.78 is 5.54. The third kappa shape index (κ3) is 3.61. The highest BCUT2D eigenvalue weighted by atomic mass is 32.2. The Hall–Kier alpha value is -2.34. The number of carbonyl (C=O) groups is 1. The number of nitrogens with zero attached hydrogens (tertiary/aromatic N) is 2. The van der Waals surface area contributed by atoms with Gasteiger partial charge in [-0.15, -0.1) is 0 Å². The molecule has 2 aromatic heterocycles. The van der Waals surface area contributed by atoms with Gasteiger partial charge in [0.05, 0.1) is 5.75 Å². The molecule has 0 atom stereocenters. The predicted molar refractivity (Wildman–Crippen MR) is 80.8 cm³/mol. The maximum atomic E-state index is 11.8. The van der Waals surface area contributed by atoms with E-state index in [1.165, 1.54) is 11.8 Å². The van der Waals surface area contributed by atoms with Crippen molar-refractivity contribution >= 4 is 28.8 Å². The number of hydrogen-bond acceptors (Lipinski definition) is 5. The number of amides is 1. The Morgan fingerprint density at radius 3 is 2.81 bits per heavy atom. The second-order valence-corrected chi connectivity index (χ2v) is 5.29. The molecule has 1 amide bonds. The van der Waals surface area contributed by atoms with Gasteiger partial charge in [0.25, 0.3) is 5.22 Å². The topological polar surface area (TPSA) is 68.0 Å². The molecule has 3 aromatic rings. The van der Waals surface area contributed by atoms with Crippen LogP contribution in [-0.4, -0.2) is 21.6 Å². The molecule has 0 radical (unpaired) electrons. The second kappa shape index (κ2) is 6.41. The number of pyridine rings is 1. The van der Waals surface area contributed by atoms with Gasteiger partial charge in [-0.3, -0.25) is 9.78 Å². The van der Waals surface area contributed by atoms with Gasteiger partial charge in [0.15, 0.2) is 5.58 Å². The highest BCUT2D eigenvalue weighted by molar-refractivity contribution is 7.99. The van der Waals surface area contributed by atoms with Gasteiger partial charge in [-0.1, -0.05) is 23.9 Å². The smallest absolute Gasteiger partial charge is 0.257 e. The summed E-state index contributed by atoms with van der Waals surface area (Å²) in [5, 5.41) is 3.36. The van der Waals surface area contributed by atoms with Gasteiger partial charge in [-0.2, -0.15) is 0 Å². The summed E-state index contributed by atoms with van der Waals surface area (Å²) in [6, 6.07) is 11.3. The van der Waals surface area contributed by atoms with Crippen LogP contribution in [0, 0.1) is 0 Å². The molecule has 1 N–H and O–H groups in total. The van der Waals surface area contributed by atoms with E-state index >= 15 is 0 Å². The van der Waals surface area contributed by atoms with Crippen LogP contribution in [0.1, 0.15) is 5.56 Å². The van der Waals surface area contributed by atoms with E-state index in [0.29, 0.717) is 11.8 Å². The summed E-state index contributed by atoms with van der Waals surface area (Å²) in [7, 11) is 0. The first-order chi connectivity index (χ1) is 10.3. The number of oxazole rings is 1. The Kier molecular flexibility index (Phi) is 4.16. The molecule has 0 fully saturated rings. The van der Waals surface area contributed by atoms with Crippen LogP contribution in [0.4, 0.5) is 0 Å². The number of aromatic nitrogens is 2. The third-order valence-electron chi connectivity index (χ3n) is 2.84. The molecular formula is C15H13N3O2S. The molecule has 0 aliphatic carbocycles. The summed E-state index contributed by atoms with van der Waals surface area (Å²) in [6.45, 7) is 0.496. The number of para-hydroxylation sites is 2. The maximum Gasteiger partial charge on any atom is 0.257 e. The number of hydrogen-bond donors (Lipinski definition) is 1. The quantitative estimate of drug-likeness (QED) is 0.734. The predicted octanol–water partition coefficient (Wildman–Crippen LogP) is 2.63. The zero-order chi connectivity index (χ0) is 14.5. The van der Waals surface area contributed by atoms with E-state index in [4.69, 9.17) is 4.42 Å². The van der Waals surface area contributed by atoms with Crippen molar-refractivity contribution in [2.45, 2.75) is 11.8 Å². The van der Waals surface area contributed by atoms with Crippen LogP contribution in [-0.2, 0) is 11.3 Å². The highest BCUT2D eigenvalue weighted by Crippen LogP contribution is 2.22. The van der Waals surface area contributed by atoms with Crippen molar-refractivity contribution in [2.75, 3.05) is 5.75 Å². The van der Waals surface area contributed by atoms with Gasteiger partial charge in [0.2, 0.25) is 5.91 Å². The zero-order valence-electron chi connectivity index (χ0n) is 11.2. The zero-order valence-corrected chi connectivity index (χ0v) is 12.0. The molecule has 0 saturated carbocycles. The number of fused-ring (bicyclic) bond motifs is 1. The number of rotatable bonds is 5. The van der Waals surface area contributed by atoms with E-state index in [9.17, 15) is 4.79 Å². The first-order valence-electron chi connectivity index (χ1n) is 6.45. The average molecular weight is 299 g/mol. The fourth-order valence-electron chi connectivity index (χ4n) is 1.79. The van der Waals surface area contributed by atoms with Crippen LogP contribution in [0.5, 0.6) is 0 Å². The third-order valence-corrected chi connectivity index (χ3v) is 3.67. The van der Waals surface area contributed by atoms with Gasteiger partial charge in [-0.05, 0) is 29.8 Å². The normalized spacial score (nSPS) is 10.7. The lowest BCUT2D eigenvalue weighted by Crippen LogP contribution is -2.24. The SMILES string of the molecule is O=C(CSc1nc2ccccc2o1)NCc1ccncc1.